The van der Waals surface area contributed by atoms with Crippen molar-refractivity contribution < 1.29 is 5.11 Å². The fourth-order valence-corrected chi connectivity index (χ4v) is 2.86. The maximum Gasteiger partial charge on any atom is 0.0633 e. The summed E-state index contributed by atoms with van der Waals surface area (Å²) in [6.45, 7) is 7.30. The lowest BCUT2D eigenvalue weighted by Gasteiger charge is -2.31. The molecule has 0 unspecified atom stereocenters. The average Bonchev–Trinajstić information content (AvgIpc) is 2.61. The maximum atomic E-state index is 9.66. The second-order valence-corrected chi connectivity index (χ2v) is 6.14. The van der Waals surface area contributed by atoms with Gasteiger partial charge in [0.15, 0.2) is 0 Å². The molecule has 0 aromatic heterocycles. The average molecular weight is 337 g/mol. The lowest BCUT2D eigenvalue weighted by atomic mass is 10.0. The summed E-state index contributed by atoms with van der Waals surface area (Å²) in [7, 11) is 0. The molecule has 0 radical (unpaired) electrons. The van der Waals surface area contributed by atoms with Crippen LogP contribution in [0.15, 0.2) is 66.8 Å². The molecule has 1 aliphatic heterocycles. The number of hydrogen-bond acceptors (Lipinski definition) is 4. The van der Waals surface area contributed by atoms with Crippen LogP contribution in [-0.2, 0) is 0 Å². The van der Waals surface area contributed by atoms with Crippen LogP contribution in [0.2, 0.25) is 0 Å². The Morgan fingerprint density at radius 3 is 2.64 bits per heavy atom. The molecule has 1 heterocycles. The minimum absolute atomic E-state index is 0.201. The summed E-state index contributed by atoms with van der Waals surface area (Å²) in [6.07, 6.45) is 12.5. The fourth-order valence-electron chi connectivity index (χ4n) is 2.86. The number of allylic oxidation sites excluding steroid dienone is 7. The van der Waals surface area contributed by atoms with Gasteiger partial charge in [-0.05, 0) is 49.6 Å². The van der Waals surface area contributed by atoms with Gasteiger partial charge in [-0.15, -0.1) is 0 Å². The van der Waals surface area contributed by atoms with E-state index in [-0.39, 0.29) is 6.10 Å². The number of nitrogens with two attached hydrogens (primary N) is 1. The fraction of sp³-hybridized carbons (Fsp3) is 0.286. The number of hydrogen-bond donors (Lipinski definition) is 3. The van der Waals surface area contributed by atoms with E-state index in [1.54, 1.807) is 12.2 Å². The molecular formula is C21H27N3O. The van der Waals surface area contributed by atoms with E-state index in [0.717, 1.165) is 42.8 Å². The van der Waals surface area contributed by atoms with Crippen molar-refractivity contribution in [1.82, 2.24) is 0 Å². The molecule has 0 atom stereocenters. The van der Waals surface area contributed by atoms with Crippen LogP contribution in [0, 0.1) is 5.41 Å². The van der Waals surface area contributed by atoms with Gasteiger partial charge < -0.3 is 21.1 Å². The van der Waals surface area contributed by atoms with Crippen molar-refractivity contribution in [2.75, 3.05) is 23.7 Å². The maximum absolute atomic E-state index is 9.66. The number of aliphatic hydroxyl groups is 1. The van der Waals surface area contributed by atoms with Gasteiger partial charge in [0.2, 0.25) is 0 Å². The van der Waals surface area contributed by atoms with E-state index >= 15 is 0 Å². The molecule has 0 amide bonds. The van der Waals surface area contributed by atoms with E-state index in [1.807, 2.05) is 49.4 Å². The molecule has 1 saturated heterocycles. The zero-order chi connectivity index (χ0) is 18.2. The molecule has 4 heteroatoms. The van der Waals surface area contributed by atoms with Crippen LogP contribution >= 0.6 is 0 Å². The Bertz CT molecular complexity index is 708. The first-order valence-corrected chi connectivity index (χ1v) is 8.60. The van der Waals surface area contributed by atoms with Gasteiger partial charge in [-0.25, -0.2) is 0 Å². The molecule has 0 bridgehead atoms. The zero-order valence-electron chi connectivity index (χ0n) is 14.8. The third-order valence-electron chi connectivity index (χ3n) is 4.27. The van der Waals surface area contributed by atoms with Gasteiger partial charge in [0.05, 0.1) is 11.8 Å². The second kappa shape index (κ2) is 9.04. The second-order valence-electron chi connectivity index (χ2n) is 6.14. The van der Waals surface area contributed by atoms with Crippen molar-refractivity contribution in [3.05, 3.63) is 72.4 Å². The first-order chi connectivity index (χ1) is 12.0. The number of nitrogens with zero attached hydrogens (tertiary/aromatic N) is 1. The van der Waals surface area contributed by atoms with E-state index in [9.17, 15) is 5.11 Å². The largest absolute Gasteiger partial charge is 0.398 e. The standard InChI is InChI=1S/C21H27N3O/c1-3-5-16(6-4-2)7-9-20(22)19-15-17(8-10-21(19)23)24-13-11-18(25)12-14-24/h3-10,15,18,22,25H,1,11-14,23H2,2H3/b6-4-,9-7+,16-5+,22-20?. The van der Waals surface area contributed by atoms with Crippen LogP contribution in [0.1, 0.15) is 25.3 Å². The predicted octanol–water partition coefficient (Wildman–Crippen LogP) is 3.84. The molecule has 0 aliphatic carbocycles. The Balaban J connectivity index is 2.20. The molecule has 1 aromatic carbocycles. The van der Waals surface area contributed by atoms with Crippen molar-refractivity contribution in [3.8, 4) is 0 Å². The van der Waals surface area contributed by atoms with Crippen molar-refractivity contribution >= 4 is 17.1 Å². The third kappa shape index (κ3) is 5.19. The highest BCUT2D eigenvalue weighted by Crippen LogP contribution is 2.25. The summed E-state index contributed by atoms with van der Waals surface area (Å²) in [6, 6.07) is 5.80. The lowest BCUT2D eigenvalue weighted by Crippen LogP contribution is -2.35. The Kier molecular flexibility index (Phi) is 6.78. The number of anilines is 2. The predicted molar refractivity (Wildman–Crippen MR) is 107 cm³/mol. The molecule has 2 rings (SSSR count). The quantitative estimate of drug-likeness (QED) is 0.419. The minimum Gasteiger partial charge on any atom is -0.398 e. The number of nitrogens with one attached hydrogen (secondary N) is 1. The van der Waals surface area contributed by atoms with E-state index in [1.165, 1.54) is 0 Å². The van der Waals surface area contributed by atoms with E-state index < -0.39 is 0 Å². The molecule has 25 heavy (non-hydrogen) atoms. The smallest absolute Gasteiger partial charge is 0.0633 e. The summed E-state index contributed by atoms with van der Waals surface area (Å²) in [5.41, 5.74) is 9.79. The van der Waals surface area contributed by atoms with Crippen LogP contribution in [0.4, 0.5) is 11.4 Å². The van der Waals surface area contributed by atoms with Crippen LogP contribution in [0.3, 0.4) is 0 Å². The van der Waals surface area contributed by atoms with Gasteiger partial charge in [-0.3, -0.25) is 0 Å². The van der Waals surface area contributed by atoms with Gasteiger partial charge in [0.25, 0.3) is 0 Å². The highest BCUT2D eigenvalue weighted by Gasteiger charge is 2.18. The zero-order valence-corrected chi connectivity index (χ0v) is 14.8. The topological polar surface area (TPSA) is 73.3 Å². The Morgan fingerprint density at radius 2 is 2.00 bits per heavy atom. The normalized spacial score (nSPS) is 16.7. The summed E-state index contributed by atoms with van der Waals surface area (Å²) in [5, 5.41) is 18.0. The van der Waals surface area contributed by atoms with Crippen LogP contribution in [0.5, 0.6) is 0 Å². The van der Waals surface area contributed by atoms with E-state index in [4.69, 9.17) is 11.1 Å². The molecular weight excluding hydrogens is 310 g/mol. The van der Waals surface area contributed by atoms with Crippen LogP contribution in [0.25, 0.3) is 0 Å². The molecule has 132 valence electrons. The summed E-state index contributed by atoms with van der Waals surface area (Å²) >= 11 is 0. The number of benzene rings is 1. The Labute approximate surface area is 150 Å². The lowest BCUT2D eigenvalue weighted by molar-refractivity contribution is 0.145. The third-order valence-corrected chi connectivity index (χ3v) is 4.27. The molecule has 1 aliphatic rings. The van der Waals surface area contributed by atoms with Gasteiger partial charge in [0, 0.05) is 30.0 Å². The number of aliphatic hydroxyl groups excluding tert-OH is 1. The summed E-state index contributed by atoms with van der Waals surface area (Å²) in [4.78, 5) is 2.23. The van der Waals surface area contributed by atoms with Crippen molar-refractivity contribution in [3.63, 3.8) is 0 Å². The highest BCUT2D eigenvalue weighted by atomic mass is 16.3. The van der Waals surface area contributed by atoms with Crippen LogP contribution in [-0.4, -0.2) is 30.0 Å². The van der Waals surface area contributed by atoms with Crippen LogP contribution < -0.4 is 10.6 Å². The monoisotopic (exact) mass is 337 g/mol. The van der Waals surface area contributed by atoms with E-state index in [0.29, 0.717) is 11.4 Å². The number of rotatable bonds is 6. The molecule has 1 fully saturated rings. The minimum atomic E-state index is -0.201. The van der Waals surface area contributed by atoms with Gasteiger partial charge in [-0.1, -0.05) is 37.0 Å². The van der Waals surface area contributed by atoms with Gasteiger partial charge >= 0.3 is 0 Å². The first kappa shape index (κ1) is 18.7. The Morgan fingerprint density at radius 1 is 1.28 bits per heavy atom. The highest BCUT2D eigenvalue weighted by molar-refractivity contribution is 6.10. The van der Waals surface area contributed by atoms with Crippen molar-refractivity contribution in [2.45, 2.75) is 25.9 Å². The van der Waals surface area contributed by atoms with Crippen molar-refractivity contribution in [1.29, 1.82) is 5.41 Å². The molecule has 0 spiro atoms. The molecule has 1 aromatic rings. The molecule has 0 saturated carbocycles. The summed E-state index contributed by atoms with van der Waals surface area (Å²) < 4.78 is 0. The SMILES string of the molecule is C=C/C=C(\C=C/C)/C=C/C(=N)c1cc(N2CCC(O)CC2)ccc1N. The van der Waals surface area contributed by atoms with Crippen molar-refractivity contribution in [2.24, 2.45) is 0 Å². The van der Waals surface area contributed by atoms with E-state index in [2.05, 4.69) is 11.5 Å². The molecule has 4 nitrogen and oxygen atoms in total. The summed E-state index contributed by atoms with van der Waals surface area (Å²) in [5.74, 6) is 0. The van der Waals surface area contributed by atoms with Gasteiger partial charge in [0.1, 0.15) is 0 Å². The molecule has 4 N–H and O–H groups in total. The first-order valence-electron chi connectivity index (χ1n) is 8.60. The number of piperidine rings is 1. The van der Waals surface area contributed by atoms with Gasteiger partial charge in [-0.2, -0.15) is 0 Å². The number of nitrogen functional groups attached to an aromatic ring is 1. The Hall–Kier alpha value is -2.59.